The van der Waals surface area contributed by atoms with E-state index in [9.17, 15) is 4.79 Å². The summed E-state index contributed by atoms with van der Waals surface area (Å²) in [4.78, 5) is 18.4. The molecule has 1 saturated carbocycles. The molecule has 2 rings (SSSR count). The van der Waals surface area contributed by atoms with Gasteiger partial charge < -0.3 is 15.4 Å². The Bertz CT molecular complexity index is 337. The van der Waals surface area contributed by atoms with Gasteiger partial charge in [-0.15, -0.1) is 0 Å². The van der Waals surface area contributed by atoms with Gasteiger partial charge in [-0.3, -0.25) is 9.79 Å². The van der Waals surface area contributed by atoms with E-state index in [0.717, 1.165) is 31.7 Å². The van der Waals surface area contributed by atoms with Crippen LogP contribution in [-0.4, -0.2) is 54.1 Å². The van der Waals surface area contributed by atoms with Gasteiger partial charge in [0.15, 0.2) is 5.17 Å². The molecule has 0 atom stereocenters. The molecule has 1 aliphatic heterocycles. The summed E-state index contributed by atoms with van der Waals surface area (Å²) in [6.45, 7) is 2.75. The molecule has 1 heterocycles. The summed E-state index contributed by atoms with van der Waals surface area (Å²) in [5, 5.41) is 0.645. The first-order valence-electron chi connectivity index (χ1n) is 7.57. The van der Waals surface area contributed by atoms with Crippen molar-refractivity contribution in [3.63, 3.8) is 0 Å². The highest BCUT2D eigenvalue weighted by atomic mass is 32.2. The van der Waals surface area contributed by atoms with Gasteiger partial charge in [-0.25, -0.2) is 0 Å². The number of carbonyl (C=O) groups excluding carboxylic acids is 1. The zero-order valence-corrected chi connectivity index (χ0v) is 12.9. The van der Waals surface area contributed by atoms with E-state index in [2.05, 4.69) is 4.99 Å². The van der Waals surface area contributed by atoms with Crippen LogP contribution in [0.4, 0.5) is 0 Å². The van der Waals surface area contributed by atoms with E-state index in [-0.39, 0.29) is 5.91 Å². The minimum atomic E-state index is 0.200. The Kier molecular flexibility index (Phi) is 6.66. The molecule has 2 N–H and O–H groups in total. The van der Waals surface area contributed by atoms with Crippen LogP contribution in [0.15, 0.2) is 4.99 Å². The maximum absolute atomic E-state index is 11.9. The van der Waals surface area contributed by atoms with Gasteiger partial charge in [0.1, 0.15) is 0 Å². The van der Waals surface area contributed by atoms with Crippen molar-refractivity contribution in [2.45, 2.75) is 44.6 Å². The minimum absolute atomic E-state index is 0.200. The summed E-state index contributed by atoms with van der Waals surface area (Å²) in [5.41, 5.74) is 5.94. The van der Waals surface area contributed by atoms with Gasteiger partial charge in [0.25, 0.3) is 0 Å². The molecule has 6 heteroatoms. The molecule has 5 nitrogen and oxygen atoms in total. The third kappa shape index (κ3) is 5.32. The number of amides is 1. The highest BCUT2D eigenvalue weighted by Crippen LogP contribution is 2.21. The lowest BCUT2D eigenvalue weighted by Crippen LogP contribution is -2.40. The second-order valence-corrected chi connectivity index (χ2v) is 6.47. The quantitative estimate of drug-likeness (QED) is 0.632. The third-order valence-electron chi connectivity index (χ3n) is 3.81. The fourth-order valence-corrected chi connectivity index (χ4v) is 3.35. The van der Waals surface area contributed by atoms with Crippen LogP contribution in [0.3, 0.4) is 0 Å². The lowest BCUT2D eigenvalue weighted by Gasteiger charge is -2.26. The highest BCUT2D eigenvalue weighted by molar-refractivity contribution is 8.13. The SMILES string of the molecule is NC(=NC1CCCCC1)SCCC(=O)N1CCOCC1. The van der Waals surface area contributed by atoms with E-state index in [1.807, 2.05) is 4.90 Å². The molecule has 0 aromatic rings. The average molecular weight is 299 g/mol. The van der Waals surface area contributed by atoms with Crippen molar-refractivity contribution in [2.75, 3.05) is 32.1 Å². The van der Waals surface area contributed by atoms with E-state index in [4.69, 9.17) is 10.5 Å². The Labute approximate surface area is 125 Å². The number of carbonyl (C=O) groups is 1. The van der Waals surface area contributed by atoms with E-state index in [1.165, 1.54) is 31.0 Å². The van der Waals surface area contributed by atoms with Crippen LogP contribution in [-0.2, 0) is 9.53 Å². The number of nitrogens with zero attached hydrogens (tertiary/aromatic N) is 2. The van der Waals surface area contributed by atoms with Crippen molar-refractivity contribution in [3.8, 4) is 0 Å². The maximum atomic E-state index is 11.9. The topological polar surface area (TPSA) is 67.9 Å². The molecule has 0 bridgehead atoms. The van der Waals surface area contributed by atoms with E-state index in [1.54, 1.807) is 0 Å². The molecular weight excluding hydrogens is 274 g/mol. The second kappa shape index (κ2) is 8.52. The van der Waals surface area contributed by atoms with Gasteiger partial charge in [-0.05, 0) is 12.8 Å². The van der Waals surface area contributed by atoms with Gasteiger partial charge in [-0.2, -0.15) is 0 Å². The summed E-state index contributed by atoms with van der Waals surface area (Å²) in [6, 6.07) is 0.409. The van der Waals surface area contributed by atoms with Crippen LogP contribution in [0, 0.1) is 0 Å². The molecule has 0 radical (unpaired) electrons. The van der Waals surface area contributed by atoms with Gasteiger partial charge in [0.05, 0.1) is 19.3 Å². The molecule has 1 aliphatic carbocycles. The van der Waals surface area contributed by atoms with Gasteiger partial charge in [-0.1, -0.05) is 31.0 Å². The van der Waals surface area contributed by atoms with E-state index in [0.29, 0.717) is 30.8 Å². The predicted molar refractivity (Wildman–Crippen MR) is 83.0 cm³/mol. The Balaban J connectivity index is 1.63. The van der Waals surface area contributed by atoms with E-state index < -0.39 is 0 Å². The van der Waals surface area contributed by atoms with Crippen molar-refractivity contribution >= 4 is 22.8 Å². The fourth-order valence-electron chi connectivity index (χ4n) is 2.64. The van der Waals surface area contributed by atoms with Crippen molar-refractivity contribution in [1.29, 1.82) is 0 Å². The standard InChI is InChI=1S/C14H25N3O2S/c15-14(16-12-4-2-1-3-5-12)20-11-6-13(18)17-7-9-19-10-8-17/h12H,1-11H2,(H2,15,16). The number of nitrogens with two attached hydrogens (primary N) is 1. The Hall–Kier alpha value is -0.750. The molecule has 1 saturated heterocycles. The predicted octanol–water partition coefficient (Wildman–Crippen LogP) is 1.62. The number of thioether (sulfide) groups is 1. The van der Waals surface area contributed by atoms with Crippen LogP contribution >= 0.6 is 11.8 Å². The van der Waals surface area contributed by atoms with Gasteiger partial charge in [0, 0.05) is 25.3 Å². The molecule has 2 aliphatic rings. The zero-order chi connectivity index (χ0) is 14.2. The largest absolute Gasteiger partial charge is 0.379 e. The smallest absolute Gasteiger partial charge is 0.223 e. The van der Waals surface area contributed by atoms with E-state index >= 15 is 0 Å². The fraction of sp³-hybridized carbons (Fsp3) is 0.857. The van der Waals surface area contributed by atoms with Crippen molar-refractivity contribution < 1.29 is 9.53 Å². The molecule has 0 unspecified atom stereocenters. The highest BCUT2D eigenvalue weighted by Gasteiger charge is 2.17. The maximum Gasteiger partial charge on any atom is 0.223 e. The number of ether oxygens (including phenoxy) is 1. The zero-order valence-electron chi connectivity index (χ0n) is 12.1. The molecule has 0 aromatic carbocycles. The summed E-state index contributed by atoms with van der Waals surface area (Å²) < 4.78 is 5.24. The van der Waals surface area contributed by atoms with Gasteiger partial charge in [0.2, 0.25) is 5.91 Å². The molecule has 0 spiro atoms. The number of aliphatic imine (C=N–C) groups is 1. The van der Waals surface area contributed by atoms with Crippen LogP contribution in [0.5, 0.6) is 0 Å². The van der Waals surface area contributed by atoms with Gasteiger partial charge >= 0.3 is 0 Å². The molecule has 20 heavy (non-hydrogen) atoms. The van der Waals surface area contributed by atoms with Crippen LogP contribution in [0.1, 0.15) is 38.5 Å². The lowest BCUT2D eigenvalue weighted by molar-refractivity contribution is -0.134. The molecule has 2 fully saturated rings. The van der Waals surface area contributed by atoms with Crippen LogP contribution < -0.4 is 5.73 Å². The number of rotatable bonds is 4. The normalized spacial score (nSPS) is 22.0. The first-order chi connectivity index (χ1) is 9.75. The molecule has 1 amide bonds. The number of hydrogen-bond acceptors (Lipinski definition) is 4. The Morgan fingerprint density at radius 2 is 1.95 bits per heavy atom. The van der Waals surface area contributed by atoms with Crippen molar-refractivity contribution in [2.24, 2.45) is 10.7 Å². The minimum Gasteiger partial charge on any atom is -0.379 e. The second-order valence-electron chi connectivity index (χ2n) is 5.35. The summed E-state index contributed by atoms with van der Waals surface area (Å²) in [6.07, 6.45) is 6.71. The number of amidine groups is 1. The number of morpholine rings is 1. The number of hydrogen-bond donors (Lipinski definition) is 1. The summed E-state index contributed by atoms with van der Waals surface area (Å²) >= 11 is 1.51. The molecule has 114 valence electrons. The molecule has 0 aromatic heterocycles. The Morgan fingerprint density at radius 3 is 2.65 bits per heavy atom. The average Bonchev–Trinajstić information content (AvgIpc) is 2.49. The summed E-state index contributed by atoms with van der Waals surface area (Å²) in [7, 11) is 0. The van der Waals surface area contributed by atoms with Crippen molar-refractivity contribution in [1.82, 2.24) is 4.90 Å². The lowest BCUT2D eigenvalue weighted by atomic mass is 9.96. The Morgan fingerprint density at radius 1 is 1.25 bits per heavy atom. The first kappa shape index (κ1) is 15.6. The first-order valence-corrected chi connectivity index (χ1v) is 8.56. The van der Waals surface area contributed by atoms with Crippen LogP contribution in [0.2, 0.25) is 0 Å². The van der Waals surface area contributed by atoms with Crippen LogP contribution in [0.25, 0.3) is 0 Å². The third-order valence-corrected chi connectivity index (χ3v) is 4.62. The summed E-state index contributed by atoms with van der Waals surface area (Å²) in [5.74, 6) is 0.921. The van der Waals surface area contributed by atoms with Crippen molar-refractivity contribution in [3.05, 3.63) is 0 Å². The molecular formula is C14H25N3O2S. The monoisotopic (exact) mass is 299 g/mol.